The molecule has 0 aliphatic carbocycles. The van der Waals surface area contributed by atoms with E-state index in [1.165, 1.54) is 0 Å². The molecule has 20 heavy (non-hydrogen) atoms. The summed E-state index contributed by atoms with van der Waals surface area (Å²) in [5, 5.41) is 0. The number of likely N-dealkylation sites (N-methyl/N-ethyl adjacent to an activating group) is 1. The van der Waals surface area contributed by atoms with Crippen molar-refractivity contribution in [1.29, 1.82) is 0 Å². The van der Waals surface area contributed by atoms with Gasteiger partial charge in [0, 0.05) is 24.5 Å². The Hall–Kier alpha value is -0.100. The Morgan fingerprint density at radius 2 is 2.00 bits per heavy atom. The molecule has 0 fully saturated rings. The molecule has 1 rings (SSSR count). The Labute approximate surface area is 140 Å². The van der Waals surface area contributed by atoms with E-state index < -0.39 is 0 Å². The Morgan fingerprint density at radius 1 is 1.40 bits per heavy atom. The molecule has 2 N–H and O–H groups in total. The molecule has 0 radical (unpaired) electrons. The molecule has 1 heterocycles. The van der Waals surface area contributed by atoms with Crippen LogP contribution < -0.4 is 5.73 Å². The monoisotopic (exact) mass is 382 g/mol. The lowest BCUT2D eigenvalue weighted by Crippen LogP contribution is -2.36. The number of carbonyl (C=O) groups excluding carboxylic acids is 1. The molecule has 0 aliphatic heterocycles. The van der Waals surface area contributed by atoms with Crippen molar-refractivity contribution < 1.29 is 4.79 Å². The largest absolute Gasteiger partial charge is 0.345 e. The van der Waals surface area contributed by atoms with Gasteiger partial charge < -0.3 is 10.6 Å². The summed E-state index contributed by atoms with van der Waals surface area (Å²) in [6.07, 6.45) is 0.848. The molecule has 3 nitrogen and oxygen atoms in total. The molecule has 0 aromatic carbocycles. The molecule has 0 spiro atoms. The van der Waals surface area contributed by atoms with E-state index in [1.807, 2.05) is 26.1 Å². The first kappa shape index (κ1) is 19.9. The first-order valence-corrected chi connectivity index (χ1v) is 8.19. The smallest absolute Gasteiger partial charge is 0.230 e. The Morgan fingerprint density at radius 3 is 2.45 bits per heavy atom. The van der Waals surface area contributed by atoms with Crippen molar-refractivity contribution in [2.75, 3.05) is 13.6 Å². The third-order valence-electron chi connectivity index (χ3n) is 3.42. The van der Waals surface area contributed by atoms with Crippen molar-refractivity contribution in [1.82, 2.24) is 4.90 Å². The van der Waals surface area contributed by atoms with Gasteiger partial charge in [0.1, 0.15) is 0 Å². The SMILES string of the molecule is CC(C(=O)N(C)CCC(N)C(C)C)c1ccc(Br)s1.Cl. The van der Waals surface area contributed by atoms with Crippen molar-refractivity contribution in [3.8, 4) is 0 Å². The molecule has 6 heteroatoms. The maximum atomic E-state index is 12.3. The van der Waals surface area contributed by atoms with E-state index in [-0.39, 0.29) is 30.3 Å². The van der Waals surface area contributed by atoms with Gasteiger partial charge >= 0.3 is 0 Å². The highest BCUT2D eigenvalue weighted by Crippen LogP contribution is 2.29. The minimum atomic E-state index is -0.0865. The molecule has 116 valence electrons. The van der Waals surface area contributed by atoms with Gasteiger partial charge in [-0.1, -0.05) is 13.8 Å². The summed E-state index contributed by atoms with van der Waals surface area (Å²) >= 11 is 5.04. The van der Waals surface area contributed by atoms with Crippen LogP contribution in [0.3, 0.4) is 0 Å². The summed E-state index contributed by atoms with van der Waals surface area (Å²) in [4.78, 5) is 15.2. The average molecular weight is 384 g/mol. The predicted molar refractivity (Wildman–Crippen MR) is 92.7 cm³/mol. The van der Waals surface area contributed by atoms with Crippen LogP contribution in [0.5, 0.6) is 0 Å². The lowest BCUT2D eigenvalue weighted by molar-refractivity contribution is -0.131. The lowest BCUT2D eigenvalue weighted by Gasteiger charge is -2.23. The zero-order valence-electron chi connectivity index (χ0n) is 12.4. The van der Waals surface area contributed by atoms with E-state index in [9.17, 15) is 4.79 Å². The molecule has 1 aromatic heterocycles. The molecule has 1 aromatic rings. The number of thiophene rings is 1. The second-order valence-corrected chi connectivity index (χ2v) is 7.81. The Bertz CT molecular complexity index is 425. The van der Waals surface area contributed by atoms with Crippen molar-refractivity contribution in [3.05, 3.63) is 20.8 Å². The Balaban J connectivity index is 0.00000361. The summed E-state index contributed by atoms with van der Waals surface area (Å²) in [5.41, 5.74) is 6.01. The van der Waals surface area contributed by atoms with Gasteiger partial charge in [0.2, 0.25) is 5.91 Å². The Kier molecular flexibility index (Phi) is 8.98. The van der Waals surface area contributed by atoms with Gasteiger partial charge in [-0.05, 0) is 47.3 Å². The lowest BCUT2D eigenvalue weighted by atomic mass is 10.0. The molecular formula is C14H24BrClN2OS. The summed E-state index contributed by atoms with van der Waals surface area (Å²) in [5.74, 6) is 0.524. The van der Waals surface area contributed by atoms with Gasteiger partial charge in [-0.25, -0.2) is 0 Å². The molecule has 1 amide bonds. The van der Waals surface area contributed by atoms with E-state index in [0.717, 1.165) is 21.6 Å². The number of nitrogens with zero attached hydrogens (tertiary/aromatic N) is 1. The standard InChI is InChI=1S/C14H23BrN2OS.ClH/c1-9(2)11(16)7-8-17(4)14(18)10(3)12-5-6-13(15)19-12;/h5-6,9-11H,7-8,16H2,1-4H3;1H. The van der Waals surface area contributed by atoms with Gasteiger partial charge in [-0.15, -0.1) is 23.7 Å². The second kappa shape index (κ2) is 9.03. The highest BCUT2D eigenvalue weighted by atomic mass is 79.9. The van der Waals surface area contributed by atoms with Crippen molar-refractivity contribution in [2.45, 2.75) is 39.2 Å². The molecule has 0 saturated heterocycles. The zero-order valence-corrected chi connectivity index (χ0v) is 15.6. The topological polar surface area (TPSA) is 46.3 Å². The minimum Gasteiger partial charge on any atom is -0.345 e. The summed E-state index contributed by atoms with van der Waals surface area (Å²) in [6, 6.07) is 4.14. The first-order chi connectivity index (χ1) is 8.82. The van der Waals surface area contributed by atoms with Crippen molar-refractivity contribution >= 4 is 45.6 Å². The number of rotatable bonds is 6. The van der Waals surface area contributed by atoms with Crippen LogP contribution in [-0.2, 0) is 4.79 Å². The minimum absolute atomic E-state index is 0. The molecule has 0 saturated carbocycles. The summed E-state index contributed by atoms with van der Waals surface area (Å²) < 4.78 is 1.06. The summed E-state index contributed by atoms with van der Waals surface area (Å²) in [6.45, 7) is 6.89. The fourth-order valence-corrected chi connectivity index (χ4v) is 3.27. The van der Waals surface area contributed by atoms with Gasteiger partial charge in [0.25, 0.3) is 0 Å². The fourth-order valence-electron chi connectivity index (χ4n) is 1.80. The summed E-state index contributed by atoms with van der Waals surface area (Å²) in [7, 11) is 1.86. The van der Waals surface area contributed by atoms with Crippen molar-refractivity contribution in [3.63, 3.8) is 0 Å². The second-order valence-electron chi connectivity index (χ2n) is 5.32. The van der Waals surface area contributed by atoms with Crippen molar-refractivity contribution in [2.24, 2.45) is 11.7 Å². The molecule has 0 aliphatic rings. The van der Waals surface area contributed by atoms with Gasteiger partial charge in [-0.2, -0.15) is 0 Å². The third kappa shape index (κ3) is 5.72. The predicted octanol–water partition coefficient (Wildman–Crippen LogP) is 3.87. The van der Waals surface area contributed by atoms with Gasteiger partial charge in [0.15, 0.2) is 0 Å². The quantitative estimate of drug-likeness (QED) is 0.810. The number of amides is 1. The maximum Gasteiger partial charge on any atom is 0.230 e. The maximum absolute atomic E-state index is 12.3. The number of nitrogens with two attached hydrogens (primary N) is 1. The molecular weight excluding hydrogens is 360 g/mol. The molecule has 2 atom stereocenters. The van der Waals surface area contributed by atoms with Crippen LogP contribution in [0.2, 0.25) is 0 Å². The van der Waals surface area contributed by atoms with E-state index >= 15 is 0 Å². The highest BCUT2D eigenvalue weighted by Gasteiger charge is 2.21. The van der Waals surface area contributed by atoms with E-state index in [2.05, 4.69) is 29.8 Å². The van der Waals surface area contributed by atoms with Crippen LogP contribution in [0.15, 0.2) is 15.9 Å². The van der Waals surface area contributed by atoms with E-state index in [0.29, 0.717) is 5.92 Å². The normalized spacial score (nSPS) is 13.8. The molecule has 2 unspecified atom stereocenters. The van der Waals surface area contributed by atoms with Crippen LogP contribution >= 0.6 is 39.7 Å². The number of hydrogen-bond donors (Lipinski definition) is 1. The molecule has 0 bridgehead atoms. The number of hydrogen-bond acceptors (Lipinski definition) is 3. The van der Waals surface area contributed by atoms with Gasteiger partial charge in [-0.3, -0.25) is 4.79 Å². The van der Waals surface area contributed by atoms with Gasteiger partial charge in [0.05, 0.1) is 9.70 Å². The van der Waals surface area contributed by atoms with Crippen LogP contribution in [0.4, 0.5) is 0 Å². The van der Waals surface area contributed by atoms with Crippen LogP contribution in [0, 0.1) is 5.92 Å². The third-order valence-corrected chi connectivity index (χ3v) is 5.23. The number of halogens is 2. The fraction of sp³-hybridized carbons (Fsp3) is 0.643. The van der Waals surface area contributed by atoms with E-state index in [1.54, 1.807) is 16.2 Å². The van der Waals surface area contributed by atoms with E-state index in [4.69, 9.17) is 5.73 Å². The van der Waals surface area contributed by atoms with Crippen LogP contribution in [0.25, 0.3) is 0 Å². The first-order valence-electron chi connectivity index (χ1n) is 6.58. The highest BCUT2D eigenvalue weighted by molar-refractivity contribution is 9.11. The number of carbonyl (C=O) groups is 1. The van der Waals surface area contributed by atoms with Crippen LogP contribution in [-0.4, -0.2) is 30.4 Å². The zero-order chi connectivity index (χ0) is 14.6. The van der Waals surface area contributed by atoms with Crippen LogP contribution in [0.1, 0.15) is 38.0 Å². The average Bonchev–Trinajstić information content (AvgIpc) is 2.80.